The van der Waals surface area contributed by atoms with Crippen molar-refractivity contribution in [2.24, 2.45) is 47.3 Å². The minimum Gasteiger partial charge on any atom is -0.293 e. The van der Waals surface area contributed by atoms with Gasteiger partial charge in [-0.2, -0.15) is 4.79 Å². The Morgan fingerprint density at radius 2 is 0.974 bits per heavy atom. The van der Waals surface area contributed by atoms with Gasteiger partial charge >= 0.3 is 6.16 Å². The van der Waals surface area contributed by atoms with Crippen LogP contribution < -0.4 is 0 Å². The Hall–Kier alpha value is -3.33. The molecule has 9 nitrogen and oxygen atoms in total. The zero-order valence-electron chi connectivity index (χ0n) is 21.4. The predicted octanol–water partition coefficient (Wildman–Crippen LogP) is 3.38. The maximum atomic E-state index is 12.9. The van der Waals surface area contributed by atoms with E-state index in [0.29, 0.717) is 58.5 Å². The van der Waals surface area contributed by atoms with Gasteiger partial charge in [0, 0.05) is 38.5 Å². The molecule has 0 aromatic carbocycles. The number of amides is 4. The zero-order valence-corrected chi connectivity index (χ0v) is 21.4. The molecule has 9 heteroatoms. The molecule has 38 heavy (non-hydrogen) atoms. The third-order valence-corrected chi connectivity index (χ3v) is 9.52. The number of hydroxylamine groups is 4. The summed E-state index contributed by atoms with van der Waals surface area (Å²) in [5, 5.41) is 0.873. The fourth-order valence-corrected chi connectivity index (χ4v) is 7.49. The van der Waals surface area contributed by atoms with Crippen LogP contribution >= 0.6 is 0 Å². The van der Waals surface area contributed by atoms with Crippen LogP contribution in [-0.4, -0.2) is 39.9 Å². The smallest absolute Gasteiger partial charge is 0.293 e. The lowest BCUT2D eigenvalue weighted by Crippen LogP contribution is -2.38. The maximum Gasteiger partial charge on any atom is 0.560 e. The first-order chi connectivity index (χ1) is 18.4. The van der Waals surface area contributed by atoms with Gasteiger partial charge in [-0.3, -0.25) is 28.9 Å². The van der Waals surface area contributed by atoms with Gasteiger partial charge in [0.25, 0.3) is 23.6 Å². The van der Waals surface area contributed by atoms with Gasteiger partial charge in [0.05, 0.1) is 11.8 Å². The number of rotatable bonds is 6. The van der Waals surface area contributed by atoms with E-state index >= 15 is 0 Å². The Morgan fingerprint density at radius 3 is 1.32 bits per heavy atom. The lowest BCUT2D eigenvalue weighted by Gasteiger charge is -2.17. The molecule has 0 aromatic rings. The summed E-state index contributed by atoms with van der Waals surface area (Å²) in [5.74, 6) is 12.1. The predicted molar refractivity (Wildman–Crippen MR) is 130 cm³/mol. The van der Waals surface area contributed by atoms with Gasteiger partial charge in [0.15, 0.2) is 0 Å². The van der Waals surface area contributed by atoms with Crippen molar-refractivity contribution in [3.63, 3.8) is 0 Å². The van der Waals surface area contributed by atoms with Gasteiger partial charge in [-0.05, 0) is 74.0 Å². The van der Waals surface area contributed by atoms with E-state index < -0.39 is 41.6 Å². The van der Waals surface area contributed by atoms with Crippen LogP contribution in [0.25, 0.3) is 0 Å². The van der Waals surface area contributed by atoms with Gasteiger partial charge in [-0.25, -0.2) is 0 Å². The van der Waals surface area contributed by atoms with Crippen molar-refractivity contribution in [2.45, 2.75) is 77.0 Å². The maximum absolute atomic E-state index is 12.9. The molecule has 2 heterocycles. The normalized spacial score (nSPS) is 37.4. The summed E-state index contributed by atoms with van der Waals surface area (Å²) in [4.78, 5) is 72.9. The third-order valence-electron chi connectivity index (χ3n) is 9.52. The molecule has 200 valence electrons. The van der Waals surface area contributed by atoms with Crippen molar-refractivity contribution in [1.29, 1.82) is 0 Å². The first kappa shape index (κ1) is 25.0. The second-order valence-corrected chi connectivity index (χ2v) is 11.6. The zero-order chi connectivity index (χ0) is 26.4. The first-order valence-corrected chi connectivity index (χ1v) is 14.0. The number of hydrogen-bond acceptors (Lipinski definition) is 7. The SMILES string of the molecule is O=C(ON1C(=O)CC(CC2C3CCC#CCCC32)C1=O)ON1C(=O)CC(CC2C3CCC#CCCC32)C1=O. The monoisotopic (exact) mass is 520 g/mol. The summed E-state index contributed by atoms with van der Waals surface area (Å²) in [6.45, 7) is 0. The van der Waals surface area contributed by atoms with Crippen LogP contribution in [0.2, 0.25) is 0 Å². The molecule has 4 fully saturated rings. The topological polar surface area (TPSA) is 110 Å². The molecule has 0 radical (unpaired) electrons. The highest BCUT2D eigenvalue weighted by Gasteiger charge is 2.54. The number of nitrogens with zero attached hydrogens (tertiary/aromatic N) is 2. The summed E-state index contributed by atoms with van der Waals surface area (Å²) in [5.41, 5.74) is 0. The number of carbonyl (C=O) groups is 5. The summed E-state index contributed by atoms with van der Waals surface area (Å²) in [6, 6.07) is 0. The minimum atomic E-state index is -1.44. The van der Waals surface area contributed by atoms with Crippen molar-refractivity contribution in [3.8, 4) is 23.7 Å². The van der Waals surface area contributed by atoms with Crippen LogP contribution in [0, 0.1) is 71.0 Å². The van der Waals surface area contributed by atoms with E-state index in [9.17, 15) is 24.0 Å². The lowest BCUT2D eigenvalue weighted by atomic mass is 9.98. The number of hydrogen-bond donors (Lipinski definition) is 0. The molecule has 6 unspecified atom stereocenters. The molecular weight excluding hydrogens is 488 g/mol. The Morgan fingerprint density at radius 1 is 0.632 bits per heavy atom. The van der Waals surface area contributed by atoms with Crippen LogP contribution in [0.15, 0.2) is 0 Å². The minimum absolute atomic E-state index is 0.0308. The average Bonchev–Trinajstić information content (AvgIpc) is 3.63. The highest BCUT2D eigenvalue weighted by atomic mass is 16.9. The van der Waals surface area contributed by atoms with Gasteiger partial charge in [-0.1, -0.05) is 10.1 Å². The molecular formula is C29H32N2O7. The number of imide groups is 2. The average molecular weight is 521 g/mol. The highest BCUT2D eigenvalue weighted by Crippen LogP contribution is 2.57. The van der Waals surface area contributed by atoms with Crippen LogP contribution in [0.1, 0.15) is 77.0 Å². The second-order valence-electron chi connectivity index (χ2n) is 11.6. The quantitative estimate of drug-likeness (QED) is 0.390. The molecule has 4 amide bonds. The van der Waals surface area contributed by atoms with E-state index in [1.54, 1.807) is 0 Å². The van der Waals surface area contributed by atoms with Gasteiger partial charge in [-0.15, -0.1) is 23.7 Å². The van der Waals surface area contributed by atoms with E-state index in [1.165, 1.54) is 0 Å². The van der Waals surface area contributed by atoms with Crippen molar-refractivity contribution >= 4 is 29.8 Å². The molecule has 6 atom stereocenters. The van der Waals surface area contributed by atoms with E-state index in [0.717, 1.165) is 51.4 Å². The van der Waals surface area contributed by atoms with Crippen molar-refractivity contribution in [2.75, 3.05) is 0 Å². The molecule has 6 rings (SSSR count). The van der Waals surface area contributed by atoms with E-state index in [4.69, 9.17) is 9.68 Å². The third kappa shape index (κ3) is 4.79. The number of fused-ring (bicyclic) bond motifs is 2. The Balaban J connectivity index is 0.989. The van der Waals surface area contributed by atoms with E-state index in [-0.39, 0.29) is 12.8 Å². The largest absolute Gasteiger partial charge is 0.560 e. The summed E-state index contributed by atoms with van der Waals surface area (Å²) >= 11 is 0. The van der Waals surface area contributed by atoms with Crippen LogP contribution in [-0.2, 0) is 28.9 Å². The lowest BCUT2D eigenvalue weighted by molar-refractivity contribution is -0.199. The summed E-state index contributed by atoms with van der Waals surface area (Å²) < 4.78 is 0. The number of carbonyl (C=O) groups excluding carboxylic acids is 5. The molecule has 0 aromatic heterocycles. The van der Waals surface area contributed by atoms with E-state index in [1.807, 2.05) is 0 Å². The van der Waals surface area contributed by atoms with Crippen molar-refractivity contribution < 1.29 is 33.6 Å². The first-order valence-electron chi connectivity index (χ1n) is 14.0. The van der Waals surface area contributed by atoms with Crippen LogP contribution in [0.5, 0.6) is 0 Å². The molecule has 0 N–H and O–H groups in total. The standard InChI is InChI=1S/C29H32N2O7/c32-25-15-17(13-23-19-9-5-1-2-6-10-20(19)23)27(34)30(25)37-29(36)38-31-26(33)16-18(28(31)35)14-24-21-11-7-3-4-8-12-22(21)24/h17-24H,5-16H2. The molecule has 0 bridgehead atoms. The van der Waals surface area contributed by atoms with Crippen LogP contribution in [0.3, 0.4) is 0 Å². The van der Waals surface area contributed by atoms with E-state index in [2.05, 4.69) is 23.7 Å². The van der Waals surface area contributed by atoms with Gasteiger partial charge in [0.1, 0.15) is 0 Å². The second kappa shape index (κ2) is 10.1. The molecule has 0 spiro atoms. The highest BCUT2D eigenvalue weighted by molar-refractivity contribution is 6.04. The Kier molecular flexibility index (Phi) is 6.63. The van der Waals surface area contributed by atoms with Crippen molar-refractivity contribution in [3.05, 3.63) is 0 Å². The van der Waals surface area contributed by atoms with Gasteiger partial charge in [0.2, 0.25) is 0 Å². The van der Waals surface area contributed by atoms with Gasteiger partial charge < -0.3 is 0 Å². The molecule has 2 saturated heterocycles. The van der Waals surface area contributed by atoms with Crippen LogP contribution in [0.4, 0.5) is 4.79 Å². The molecule has 2 aliphatic heterocycles. The Bertz CT molecular complexity index is 1060. The molecule has 4 aliphatic carbocycles. The Labute approximate surface area is 221 Å². The molecule has 6 aliphatic rings. The fraction of sp³-hybridized carbons (Fsp3) is 0.690. The fourth-order valence-electron chi connectivity index (χ4n) is 7.49. The summed E-state index contributed by atoms with van der Waals surface area (Å²) in [7, 11) is 0. The van der Waals surface area contributed by atoms with Crippen molar-refractivity contribution in [1.82, 2.24) is 10.1 Å². The molecule has 2 saturated carbocycles. The summed E-state index contributed by atoms with van der Waals surface area (Å²) in [6.07, 6.45) is 7.16.